The Kier molecular flexibility index (Phi) is 3.42. The Morgan fingerprint density at radius 3 is 2.85 bits per heavy atom. The summed E-state index contributed by atoms with van der Waals surface area (Å²) in [6, 6.07) is 11.3. The van der Waals surface area contributed by atoms with Gasteiger partial charge in [-0.05, 0) is 29.5 Å². The summed E-state index contributed by atoms with van der Waals surface area (Å²) in [5.74, 6) is 1.87. The van der Waals surface area contributed by atoms with Crippen LogP contribution < -0.4 is 5.32 Å². The maximum atomic E-state index is 8.94. The van der Waals surface area contributed by atoms with E-state index < -0.39 is 0 Å². The van der Waals surface area contributed by atoms with Gasteiger partial charge in [0.05, 0.1) is 6.54 Å². The van der Waals surface area contributed by atoms with Crippen molar-refractivity contribution in [2.45, 2.75) is 13.2 Å². The van der Waals surface area contributed by atoms with Crippen LogP contribution in [0.2, 0.25) is 0 Å². The van der Waals surface area contributed by atoms with Crippen LogP contribution >= 0.6 is 0 Å². The SMILES string of the molecule is OCc1ccc(CNc2cccc(-c3nn[nH]n3)c2)o1. The molecule has 2 heterocycles. The van der Waals surface area contributed by atoms with E-state index in [1.807, 2.05) is 30.3 Å². The molecular weight excluding hydrogens is 258 g/mol. The zero-order valence-electron chi connectivity index (χ0n) is 10.6. The Morgan fingerprint density at radius 2 is 2.10 bits per heavy atom. The van der Waals surface area contributed by atoms with Gasteiger partial charge >= 0.3 is 0 Å². The van der Waals surface area contributed by atoms with Crippen LogP contribution in [-0.2, 0) is 13.2 Å². The van der Waals surface area contributed by atoms with Crippen LogP contribution in [0.25, 0.3) is 11.4 Å². The van der Waals surface area contributed by atoms with Gasteiger partial charge in [0.2, 0.25) is 5.82 Å². The van der Waals surface area contributed by atoms with Crippen LogP contribution in [0.1, 0.15) is 11.5 Å². The predicted molar refractivity (Wildman–Crippen MR) is 71.6 cm³/mol. The molecule has 0 amide bonds. The average molecular weight is 271 g/mol. The summed E-state index contributed by atoms with van der Waals surface area (Å²) in [6.45, 7) is 0.447. The highest BCUT2D eigenvalue weighted by Gasteiger charge is 2.04. The number of furan rings is 1. The lowest BCUT2D eigenvalue weighted by Crippen LogP contribution is -1.98. The number of aliphatic hydroxyl groups is 1. The normalized spacial score (nSPS) is 10.7. The van der Waals surface area contributed by atoms with E-state index in [4.69, 9.17) is 9.52 Å². The summed E-state index contributed by atoms with van der Waals surface area (Å²) in [7, 11) is 0. The molecule has 3 rings (SSSR count). The number of H-pyrrole nitrogens is 1. The van der Waals surface area contributed by atoms with E-state index in [9.17, 15) is 0 Å². The molecule has 0 aliphatic carbocycles. The van der Waals surface area contributed by atoms with Crippen molar-refractivity contribution >= 4 is 5.69 Å². The summed E-state index contributed by atoms with van der Waals surface area (Å²) >= 11 is 0. The fourth-order valence-corrected chi connectivity index (χ4v) is 1.84. The van der Waals surface area contributed by atoms with Crippen molar-refractivity contribution in [3.63, 3.8) is 0 Å². The minimum atomic E-state index is -0.0900. The molecule has 0 radical (unpaired) electrons. The molecule has 0 aliphatic heterocycles. The summed E-state index contributed by atoms with van der Waals surface area (Å²) < 4.78 is 5.40. The third kappa shape index (κ3) is 2.67. The molecule has 7 heteroatoms. The number of nitrogens with zero attached hydrogens (tertiary/aromatic N) is 3. The topological polar surface area (TPSA) is 99.9 Å². The highest BCUT2D eigenvalue weighted by atomic mass is 16.4. The van der Waals surface area contributed by atoms with Crippen LogP contribution in [0.4, 0.5) is 5.69 Å². The van der Waals surface area contributed by atoms with Crippen molar-refractivity contribution in [3.05, 3.63) is 47.9 Å². The van der Waals surface area contributed by atoms with Gasteiger partial charge in [0, 0.05) is 11.3 Å². The van der Waals surface area contributed by atoms with Gasteiger partial charge in [-0.1, -0.05) is 12.1 Å². The zero-order valence-corrected chi connectivity index (χ0v) is 10.6. The Bertz CT molecular complexity index is 678. The molecule has 0 atom stereocenters. The fourth-order valence-electron chi connectivity index (χ4n) is 1.84. The lowest BCUT2D eigenvalue weighted by Gasteiger charge is -2.05. The number of anilines is 1. The standard InChI is InChI=1S/C13H13N5O2/c19-8-12-5-4-11(20-12)7-14-10-3-1-2-9(6-10)13-15-17-18-16-13/h1-6,14,19H,7-8H2,(H,15,16,17,18). The number of aromatic amines is 1. The van der Waals surface area contributed by atoms with E-state index in [1.165, 1.54) is 0 Å². The second-order valence-electron chi connectivity index (χ2n) is 4.20. The van der Waals surface area contributed by atoms with Gasteiger partial charge in [-0.15, -0.1) is 10.2 Å². The molecular formula is C13H13N5O2. The summed E-state index contributed by atoms with van der Waals surface area (Å²) in [4.78, 5) is 0. The second kappa shape index (κ2) is 5.54. The smallest absolute Gasteiger partial charge is 0.204 e. The maximum absolute atomic E-state index is 8.94. The van der Waals surface area contributed by atoms with Crippen LogP contribution in [0.3, 0.4) is 0 Å². The molecule has 2 aromatic heterocycles. The molecule has 102 valence electrons. The zero-order chi connectivity index (χ0) is 13.8. The highest BCUT2D eigenvalue weighted by Crippen LogP contribution is 2.19. The number of benzene rings is 1. The van der Waals surface area contributed by atoms with Gasteiger partial charge in [-0.25, -0.2) is 0 Å². The molecule has 3 aromatic rings. The number of hydrogen-bond donors (Lipinski definition) is 3. The van der Waals surface area contributed by atoms with Crippen molar-refractivity contribution in [3.8, 4) is 11.4 Å². The molecule has 0 spiro atoms. The molecule has 1 aromatic carbocycles. The van der Waals surface area contributed by atoms with Crippen LogP contribution in [0, 0.1) is 0 Å². The van der Waals surface area contributed by atoms with Crippen LogP contribution in [-0.4, -0.2) is 25.7 Å². The van der Waals surface area contributed by atoms with Gasteiger partial charge in [0.25, 0.3) is 0 Å². The fraction of sp³-hybridized carbons (Fsp3) is 0.154. The Morgan fingerprint density at radius 1 is 1.20 bits per heavy atom. The van der Waals surface area contributed by atoms with Crippen molar-refractivity contribution in [2.24, 2.45) is 0 Å². The number of aromatic nitrogens is 4. The Labute approximate surface area is 114 Å². The van der Waals surface area contributed by atoms with E-state index in [1.54, 1.807) is 6.07 Å². The number of aliphatic hydroxyl groups excluding tert-OH is 1. The molecule has 0 aliphatic rings. The molecule has 3 N–H and O–H groups in total. The van der Waals surface area contributed by atoms with E-state index in [0.717, 1.165) is 17.0 Å². The number of rotatable bonds is 5. The summed E-state index contributed by atoms with van der Waals surface area (Å²) in [6.07, 6.45) is 0. The van der Waals surface area contributed by atoms with Gasteiger partial charge < -0.3 is 14.8 Å². The molecule has 0 saturated carbocycles. The van der Waals surface area contributed by atoms with Crippen LogP contribution in [0.15, 0.2) is 40.8 Å². The third-order valence-corrected chi connectivity index (χ3v) is 2.81. The number of tetrazole rings is 1. The molecule has 0 bridgehead atoms. The largest absolute Gasteiger partial charge is 0.462 e. The van der Waals surface area contributed by atoms with Gasteiger partial charge in [0.15, 0.2) is 0 Å². The lowest BCUT2D eigenvalue weighted by atomic mass is 10.2. The summed E-state index contributed by atoms with van der Waals surface area (Å²) in [5, 5.41) is 26.0. The van der Waals surface area contributed by atoms with Crippen molar-refractivity contribution in [1.29, 1.82) is 0 Å². The first-order valence-corrected chi connectivity index (χ1v) is 6.11. The molecule has 0 saturated heterocycles. The van der Waals surface area contributed by atoms with Gasteiger partial charge in [0.1, 0.15) is 18.1 Å². The van der Waals surface area contributed by atoms with Crippen molar-refractivity contribution in [2.75, 3.05) is 5.32 Å². The first-order chi connectivity index (χ1) is 9.85. The average Bonchev–Trinajstić information content (AvgIpc) is 3.17. The second-order valence-corrected chi connectivity index (χ2v) is 4.20. The Balaban J connectivity index is 1.70. The first-order valence-electron chi connectivity index (χ1n) is 6.11. The monoisotopic (exact) mass is 271 g/mol. The molecule has 7 nitrogen and oxygen atoms in total. The minimum absolute atomic E-state index is 0.0900. The maximum Gasteiger partial charge on any atom is 0.204 e. The Hall–Kier alpha value is -2.67. The van der Waals surface area contributed by atoms with E-state index in [2.05, 4.69) is 25.9 Å². The molecule has 0 fully saturated rings. The molecule has 0 unspecified atom stereocenters. The highest BCUT2D eigenvalue weighted by molar-refractivity contribution is 5.61. The third-order valence-electron chi connectivity index (χ3n) is 2.81. The van der Waals surface area contributed by atoms with Crippen molar-refractivity contribution in [1.82, 2.24) is 20.6 Å². The van der Waals surface area contributed by atoms with Crippen molar-refractivity contribution < 1.29 is 9.52 Å². The minimum Gasteiger partial charge on any atom is -0.462 e. The lowest BCUT2D eigenvalue weighted by molar-refractivity contribution is 0.244. The van der Waals surface area contributed by atoms with E-state index >= 15 is 0 Å². The predicted octanol–water partition coefficient (Wildman–Crippen LogP) is 1.56. The number of nitrogens with one attached hydrogen (secondary N) is 2. The van der Waals surface area contributed by atoms with E-state index in [0.29, 0.717) is 18.1 Å². The van der Waals surface area contributed by atoms with E-state index in [-0.39, 0.29) is 6.61 Å². The van der Waals surface area contributed by atoms with Crippen LogP contribution in [0.5, 0.6) is 0 Å². The summed E-state index contributed by atoms with van der Waals surface area (Å²) in [5.41, 5.74) is 1.80. The van der Waals surface area contributed by atoms with Gasteiger partial charge in [-0.2, -0.15) is 5.21 Å². The number of hydrogen-bond acceptors (Lipinski definition) is 6. The first kappa shape index (κ1) is 12.4. The quantitative estimate of drug-likeness (QED) is 0.651. The molecule has 20 heavy (non-hydrogen) atoms. The van der Waals surface area contributed by atoms with Gasteiger partial charge in [-0.3, -0.25) is 0 Å².